The Morgan fingerprint density at radius 3 is 2.58 bits per heavy atom. The lowest BCUT2D eigenvalue weighted by atomic mass is 10.0. The van der Waals surface area contributed by atoms with Crippen LogP contribution >= 0.6 is 0 Å². The zero-order valence-corrected chi connectivity index (χ0v) is 18.0. The van der Waals surface area contributed by atoms with Gasteiger partial charge in [-0.1, -0.05) is 6.07 Å². The van der Waals surface area contributed by atoms with Gasteiger partial charge in [-0.15, -0.1) is 0 Å². The zero-order chi connectivity index (χ0) is 21.8. The van der Waals surface area contributed by atoms with Gasteiger partial charge in [0, 0.05) is 51.0 Å². The van der Waals surface area contributed by atoms with Crippen LogP contribution in [-0.2, 0) is 6.42 Å². The minimum Gasteiger partial charge on any atom is -0.339 e. The first kappa shape index (κ1) is 21.2. The molecule has 2 aromatic heterocycles. The number of pyridine rings is 1. The van der Waals surface area contributed by atoms with Crippen LogP contribution in [0.25, 0.3) is 5.69 Å². The first-order chi connectivity index (χ1) is 15.0. The van der Waals surface area contributed by atoms with Crippen LogP contribution in [0, 0.1) is 12.7 Å². The molecule has 0 saturated carbocycles. The summed E-state index contributed by atoms with van der Waals surface area (Å²) in [7, 11) is 1.88. The number of carbonyl (C=O) groups excluding carboxylic acids is 1. The monoisotopic (exact) mass is 421 g/mol. The predicted octanol–water partition coefficient (Wildman–Crippen LogP) is 3.49. The fourth-order valence-corrected chi connectivity index (χ4v) is 4.17. The molecule has 1 aliphatic rings. The van der Waals surface area contributed by atoms with E-state index in [-0.39, 0.29) is 17.8 Å². The predicted molar refractivity (Wildman–Crippen MR) is 118 cm³/mol. The molecule has 0 atom stereocenters. The Balaban J connectivity index is 1.34. The fourth-order valence-electron chi connectivity index (χ4n) is 4.17. The zero-order valence-electron chi connectivity index (χ0n) is 18.0. The molecule has 162 valence electrons. The molecule has 1 saturated heterocycles. The van der Waals surface area contributed by atoms with E-state index in [0.717, 1.165) is 56.0 Å². The van der Waals surface area contributed by atoms with Gasteiger partial charge in [-0.2, -0.15) is 5.10 Å². The van der Waals surface area contributed by atoms with E-state index in [1.165, 1.54) is 12.1 Å². The Labute approximate surface area is 182 Å². The third-order valence-electron chi connectivity index (χ3n) is 6.15. The number of hydrogen-bond acceptors (Lipinski definition) is 4. The molecule has 0 spiro atoms. The number of piperidine rings is 1. The molecule has 1 fully saturated rings. The third-order valence-corrected chi connectivity index (χ3v) is 6.15. The van der Waals surface area contributed by atoms with Gasteiger partial charge in [-0.25, -0.2) is 9.07 Å². The lowest BCUT2D eigenvalue weighted by Gasteiger charge is -2.36. The minimum atomic E-state index is -0.295. The van der Waals surface area contributed by atoms with E-state index in [0.29, 0.717) is 5.56 Å². The molecule has 0 unspecified atom stereocenters. The number of amides is 1. The molecule has 0 bridgehead atoms. The van der Waals surface area contributed by atoms with Crippen molar-refractivity contribution in [3.63, 3.8) is 0 Å². The van der Waals surface area contributed by atoms with E-state index < -0.39 is 0 Å². The lowest BCUT2D eigenvalue weighted by Crippen LogP contribution is -2.46. The minimum absolute atomic E-state index is 0.0159. The van der Waals surface area contributed by atoms with E-state index in [9.17, 15) is 9.18 Å². The van der Waals surface area contributed by atoms with Gasteiger partial charge >= 0.3 is 0 Å². The Morgan fingerprint density at radius 2 is 1.90 bits per heavy atom. The molecule has 0 radical (unpaired) electrons. The highest BCUT2D eigenvalue weighted by atomic mass is 19.1. The summed E-state index contributed by atoms with van der Waals surface area (Å²) in [6, 6.07) is 12.3. The van der Waals surface area contributed by atoms with Crippen LogP contribution in [0.5, 0.6) is 0 Å². The first-order valence-electron chi connectivity index (χ1n) is 10.7. The second-order valence-electron chi connectivity index (χ2n) is 8.09. The molecule has 1 aliphatic heterocycles. The number of hydrogen-bond donors (Lipinski definition) is 0. The number of carbonyl (C=O) groups is 1. The Bertz CT molecular complexity index is 1010. The molecule has 1 amide bonds. The highest BCUT2D eigenvalue weighted by Gasteiger charge is 2.27. The maximum absolute atomic E-state index is 13.2. The van der Waals surface area contributed by atoms with Crippen molar-refractivity contribution in [2.75, 3.05) is 26.7 Å². The molecular formula is C24H28FN5O. The summed E-state index contributed by atoms with van der Waals surface area (Å²) in [6.07, 6.45) is 6.30. The number of rotatable bonds is 6. The van der Waals surface area contributed by atoms with Crippen molar-refractivity contribution in [2.45, 2.75) is 32.2 Å². The summed E-state index contributed by atoms with van der Waals surface area (Å²) in [5, 5.41) is 4.36. The van der Waals surface area contributed by atoms with Crippen molar-refractivity contribution in [3.05, 3.63) is 77.6 Å². The summed E-state index contributed by atoms with van der Waals surface area (Å²) in [6.45, 7) is 4.81. The van der Waals surface area contributed by atoms with E-state index in [2.05, 4.69) is 21.0 Å². The molecule has 4 rings (SSSR count). The topological polar surface area (TPSA) is 54.3 Å². The Morgan fingerprint density at radius 1 is 1.16 bits per heavy atom. The Hall–Kier alpha value is -3.06. The smallest absolute Gasteiger partial charge is 0.257 e. The maximum atomic E-state index is 13.2. The van der Waals surface area contributed by atoms with Crippen LogP contribution in [0.4, 0.5) is 4.39 Å². The molecule has 0 aliphatic carbocycles. The van der Waals surface area contributed by atoms with Gasteiger partial charge in [0.2, 0.25) is 0 Å². The number of benzene rings is 1. The molecule has 7 heteroatoms. The number of halogens is 1. The van der Waals surface area contributed by atoms with Crippen molar-refractivity contribution < 1.29 is 9.18 Å². The molecule has 6 nitrogen and oxygen atoms in total. The average Bonchev–Trinajstić information content (AvgIpc) is 3.19. The normalized spacial score (nSPS) is 15.2. The van der Waals surface area contributed by atoms with Gasteiger partial charge < -0.3 is 9.80 Å². The maximum Gasteiger partial charge on any atom is 0.257 e. The van der Waals surface area contributed by atoms with Crippen molar-refractivity contribution in [3.8, 4) is 5.69 Å². The quantitative estimate of drug-likeness (QED) is 0.611. The van der Waals surface area contributed by atoms with Gasteiger partial charge in [-0.05, 0) is 56.2 Å². The highest BCUT2D eigenvalue weighted by Crippen LogP contribution is 2.21. The molecule has 3 heterocycles. The van der Waals surface area contributed by atoms with E-state index in [1.807, 2.05) is 37.2 Å². The molecule has 0 N–H and O–H groups in total. The van der Waals surface area contributed by atoms with Crippen LogP contribution in [0.1, 0.15) is 34.6 Å². The van der Waals surface area contributed by atoms with E-state index in [4.69, 9.17) is 0 Å². The summed E-state index contributed by atoms with van der Waals surface area (Å²) in [4.78, 5) is 21.8. The first-order valence-corrected chi connectivity index (χ1v) is 10.7. The fraction of sp³-hybridized carbons (Fsp3) is 0.375. The van der Waals surface area contributed by atoms with Gasteiger partial charge in [0.1, 0.15) is 5.82 Å². The van der Waals surface area contributed by atoms with Crippen LogP contribution in [0.15, 0.2) is 54.9 Å². The average molecular weight is 422 g/mol. The van der Waals surface area contributed by atoms with Crippen LogP contribution in [0.2, 0.25) is 0 Å². The number of likely N-dealkylation sites (tertiary alicyclic amines) is 1. The van der Waals surface area contributed by atoms with Crippen molar-refractivity contribution in [1.82, 2.24) is 24.6 Å². The summed E-state index contributed by atoms with van der Waals surface area (Å²) < 4.78 is 14.9. The number of nitrogens with zero attached hydrogens (tertiary/aromatic N) is 5. The van der Waals surface area contributed by atoms with Crippen molar-refractivity contribution in [2.24, 2.45) is 0 Å². The van der Waals surface area contributed by atoms with Crippen LogP contribution in [0.3, 0.4) is 0 Å². The van der Waals surface area contributed by atoms with E-state index in [1.54, 1.807) is 23.0 Å². The second-order valence-corrected chi connectivity index (χ2v) is 8.09. The van der Waals surface area contributed by atoms with Crippen molar-refractivity contribution in [1.29, 1.82) is 0 Å². The third kappa shape index (κ3) is 4.82. The van der Waals surface area contributed by atoms with Crippen LogP contribution < -0.4 is 0 Å². The van der Waals surface area contributed by atoms with Gasteiger partial charge in [0.05, 0.1) is 23.1 Å². The summed E-state index contributed by atoms with van der Waals surface area (Å²) in [5.41, 5.74) is 3.20. The van der Waals surface area contributed by atoms with Gasteiger partial charge in [-0.3, -0.25) is 9.78 Å². The summed E-state index contributed by atoms with van der Waals surface area (Å²) >= 11 is 0. The number of aromatic nitrogens is 3. The largest absolute Gasteiger partial charge is 0.339 e. The second kappa shape index (κ2) is 9.39. The highest BCUT2D eigenvalue weighted by molar-refractivity contribution is 5.95. The van der Waals surface area contributed by atoms with E-state index >= 15 is 0 Å². The molecular weight excluding hydrogens is 393 g/mol. The van der Waals surface area contributed by atoms with Crippen LogP contribution in [-0.4, -0.2) is 63.2 Å². The molecule has 3 aromatic rings. The SMILES string of the molecule is Cc1c(C(=O)N(C)C2CCN(CCc3ccccn3)CC2)cnn1-c1ccc(F)cc1. The summed E-state index contributed by atoms with van der Waals surface area (Å²) in [5.74, 6) is -0.311. The standard InChI is InChI=1S/C24H28FN5O/c1-18-23(17-27-30(18)22-8-6-19(25)7-9-22)24(31)28(2)21-11-15-29(16-12-21)14-10-20-5-3-4-13-26-20/h3-9,13,17,21H,10-12,14-16H2,1-2H3. The van der Waals surface area contributed by atoms with Crippen molar-refractivity contribution >= 4 is 5.91 Å². The molecule has 1 aromatic carbocycles. The Kier molecular flexibility index (Phi) is 6.42. The van der Waals surface area contributed by atoms with Gasteiger partial charge in [0.15, 0.2) is 0 Å². The molecule has 31 heavy (non-hydrogen) atoms. The van der Waals surface area contributed by atoms with Gasteiger partial charge in [0.25, 0.3) is 5.91 Å². The lowest BCUT2D eigenvalue weighted by molar-refractivity contribution is 0.0642.